The second kappa shape index (κ2) is 4.93. The number of hydrogen-bond acceptors (Lipinski definition) is 2. The van der Waals surface area contributed by atoms with Crippen LogP contribution in [-0.4, -0.2) is 25.0 Å². The first kappa shape index (κ1) is 11.6. The van der Waals surface area contributed by atoms with Crippen molar-refractivity contribution in [2.24, 2.45) is 0 Å². The van der Waals surface area contributed by atoms with E-state index in [4.69, 9.17) is 0 Å². The Morgan fingerprint density at radius 1 is 1.25 bits per heavy atom. The Morgan fingerprint density at radius 3 is 2.56 bits per heavy atom. The Labute approximate surface area is 99.5 Å². The fourth-order valence-electron chi connectivity index (χ4n) is 1.52. The quantitative estimate of drug-likeness (QED) is 0.730. The zero-order valence-electron chi connectivity index (χ0n) is 9.61. The van der Waals surface area contributed by atoms with Crippen molar-refractivity contribution in [2.45, 2.75) is 18.9 Å². The summed E-state index contributed by atoms with van der Waals surface area (Å²) >= 11 is 1.56. The summed E-state index contributed by atoms with van der Waals surface area (Å²) in [5.74, 6) is -0.157. The van der Waals surface area contributed by atoms with Crippen molar-refractivity contribution in [1.29, 1.82) is 0 Å². The second-order valence-corrected chi connectivity index (χ2v) is 5.25. The van der Waals surface area contributed by atoms with Gasteiger partial charge in [0.15, 0.2) is 0 Å². The predicted octanol–water partition coefficient (Wildman–Crippen LogP) is 3.75. The van der Waals surface area contributed by atoms with Gasteiger partial charge in [0.25, 0.3) is 0 Å². The van der Waals surface area contributed by atoms with E-state index in [9.17, 15) is 4.39 Å². The van der Waals surface area contributed by atoms with Crippen molar-refractivity contribution in [1.82, 2.24) is 4.90 Å². The van der Waals surface area contributed by atoms with Crippen molar-refractivity contribution in [3.63, 3.8) is 0 Å². The molecule has 0 aliphatic heterocycles. The molecule has 0 saturated heterocycles. The van der Waals surface area contributed by atoms with Crippen LogP contribution in [0.25, 0.3) is 10.1 Å². The maximum Gasteiger partial charge on any atom is 0.124 e. The summed E-state index contributed by atoms with van der Waals surface area (Å²) in [7, 11) is 4.27. The largest absolute Gasteiger partial charge is 0.306 e. The molecule has 0 bridgehead atoms. The topological polar surface area (TPSA) is 3.24 Å². The number of hydrogen-bond donors (Lipinski definition) is 0. The van der Waals surface area contributed by atoms with E-state index in [2.05, 4.69) is 19.0 Å². The van der Waals surface area contributed by atoms with E-state index in [1.54, 1.807) is 23.5 Å². The molecule has 3 heteroatoms. The van der Waals surface area contributed by atoms with Gasteiger partial charge in [0.05, 0.1) is 0 Å². The average Bonchev–Trinajstić information content (AvgIpc) is 3.00. The van der Waals surface area contributed by atoms with Crippen LogP contribution in [0.5, 0.6) is 0 Å². The van der Waals surface area contributed by atoms with E-state index < -0.39 is 0 Å². The highest BCUT2D eigenvalue weighted by Gasteiger charge is 2.22. The van der Waals surface area contributed by atoms with Crippen LogP contribution in [0.15, 0.2) is 29.6 Å². The van der Waals surface area contributed by atoms with Crippen molar-refractivity contribution in [3.05, 3.63) is 35.5 Å². The third-order valence-corrected chi connectivity index (χ3v) is 3.58. The lowest BCUT2D eigenvalue weighted by atomic mass is 10.3. The molecule has 3 rings (SSSR count). The molecule has 0 atom stereocenters. The van der Waals surface area contributed by atoms with Gasteiger partial charge in [-0.3, -0.25) is 0 Å². The van der Waals surface area contributed by atoms with Gasteiger partial charge in [0.2, 0.25) is 0 Å². The summed E-state index contributed by atoms with van der Waals surface area (Å²) in [6.45, 7) is 0. The highest BCUT2D eigenvalue weighted by molar-refractivity contribution is 7.17. The first-order valence-corrected chi connectivity index (χ1v) is 6.34. The molecule has 0 amide bonds. The fraction of sp³-hybridized carbons (Fsp3) is 0.385. The second-order valence-electron chi connectivity index (χ2n) is 4.30. The molecule has 0 unspecified atom stereocenters. The molecule has 1 nitrogen and oxygen atoms in total. The van der Waals surface area contributed by atoms with E-state index in [-0.39, 0.29) is 5.82 Å². The molecule has 86 valence electrons. The van der Waals surface area contributed by atoms with Crippen LogP contribution in [0.2, 0.25) is 0 Å². The molecule has 2 aromatic rings. The summed E-state index contributed by atoms with van der Waals surface area (Å²) in [4.78, 5) is 2.28. The average molecular weight is 237 g/mol. The Bertz CT molecular complexity index is 460. The van der Waals surface area contributed by atoms with Gasteiger partial charge in [-0.25, -0.2) is 4.39 Å². The Kier molecular flexibility index (Phi) is 3.56. The minimum atomic E-state index is -0.157. The van der Waals surface area contributed by atoms with Gasteiger partial charge < -0.3 is 4.90 Å². The highest BCUT2D eigenvalue weighted by Crippen LogP contribution is 2.23. The zero-order chi connectivity index (χ0) is 11.5. The molecule has 0 radical (unpaired) electrons. The number of benzene rings is 1. The number of rotatable bonds is 1. The van der Waals surface area contributed by atoms with Crippen LogP contribution in [0.4, 0.5) is 4.39 Å². The molecule has 1 saturated carbocycles. The van der Waals surface area contributed by atoms with Crippen molar-refractivity contribution >= 4 is 21.4 Å². The van der Waals surface area contributed by atoms with Gasteiger partial charge in [-0.1, -0.05) is 6.07 Å². The number of halogens is 1. The van der Waals surface area contributed by atoms with Gasteiger partial charge in [-0.2, -0.15) is 0 Å². The summed E-state index contributed by atoms with van der Waals surface area (Å²) in [5, 5.41) is 3.08. The van der Waals surface area contributed by atoms with Crippen LogP contribution < -0.4 is 0 Å². The van der Waals surface area contributed by atoms with Crippen molar-refractivity contribution in [2.75, 3.05) is 14.1 Å². The van der Waals surface area contributed by atoms with E-state index >= 15 is 0 Å². The number of nitrogens with zero attached hydrogens (tertiary/aromatic N) is 1. The fourth-order valence-corrected chi connectivity index (χ4v) is 2.33. The molecular formula is C13H16FNS. The lowest BCUT2D eigenvalue weighted by molar-refractivity contribution is 0.399. The Balaban J connectivity index is 0.000000138. The van der Waals surface area contributed by atoms with Crippen LogP contribution >= 0.6 is 11.3 Å². The number of fused-ring (bicyclic) bond motifs is 1. The molecule has 1 aliphatic carbocycles. The van der Waals surface area contributed by atoms with Crippen LogP contribution in [0.1, 0.15) is 12.8 Å². The summed E-state index contributed by atoms with van der Waals surface area (Å²) < 4.78 is 13.5. The normalized spacial score (nSPS) is 15.0. The van der Waals surface area contributed by atoms with E-state index in [1.807, 2.05) is 11.4 Å². The first-order valence-electron chi connectivity index (χ1n) is 5.46. The van der Waals surface area contributed by atoms with Gasteiger partial charge in [0, 0.05) is 10.7 Å². The maximum atomic E-state index is 12.5. The molecule has 0 N–H and O–H groups in total. The summed E-state index contributed by atoms with van der Waals surface area (Å²) in [6.07, 6.45) is 2.85. The molecule has 1 aliphatic rings. The van der Waals surface area contributed by atoms with Gasteiger partial charge in [-0.15, -0.1) is 11.3 Å². The molecule has 16 heavy (non-hydrogen) atoms. The van der Waals surface area contributed by atoms with Gasteiger partial charge in [0.1, 0.15) is 5.82 Å². The molecular weight excluding hydrogens is 221 g/mol. The third kappa shape index (κ3) is 3.03. The molecule has 1 aromatic heterocycles. The zero-order valence-corrected chi connectivity index (χ0v) is 10.4. The molecule has 1 aromatic carbocycles. The first-order chi connectivity index (χ1) is 7.66. The Hall–Kier alpha value is -0.930. The number of thiophene rings is 1. The molecule has 0 spiro atoms. The third-order valence-electron chi connectivity index (χ3n) is 2.70. The van der Waals surface area contributed by atoms with Crippen molar-refractivity contribution < 1.29 is 4.39 Å². The van der Waals surface area contributed by atoms with Crippen LogP contribution in [0.3, 0.4) is 0 Å². The SMILES string of the molecule is CN(C)C1CC1.Fc1ccc2ccsc2c1. The molecule has 1 heterocycles. The molecule has 1 fully saturated rings. The predicted molar refractivity (Wildman–Crippen MR) is 68.5 cm³/mol. The smallest absolute Gasteiger partial charge is 0.124 e. The van der Waals surface area contributed by atoms with Gasteiger partial charge >= 0.3 is 0 Å². The standard InChI is InChI=1S/C8H5FS.C5H11N/c9-7-2-1-6-3-4-10-8(6)5-7;1-6(2)5-3-4-5/h1-5H;5H,3-4H2,1-2H3. The monoisotopic (exact) mass is 237 g/mol. The maximum absolute atomic E-state index is 12.5. The lowest BCUT2D eigenvalue weighted by Crippen LogP contribution is -2.12. The summed E-state index contributed by atoms with van der Waals surface area (Å²) in [5.41, 5.74) is 0. The lowest BCUT2D eigenvalue weighted by Gasteiger charge is -2.03. The highest BCUT2D eigenvalue weighted by atomic mass is 32.1. The van der Waals surface area contributed by atoms with Crippen LogP contribution in [-0.2, 0) is 0 Å². The minimum absolute atomic E-state index is 0.157. The minimum Gasteiger partial charge on any atom is -0.306 e. The summed E-state index contributed by atoms with van der Waals surface area (Å²) in [6, 6.07) is 7.75. The van der Waals surface area contributed by atoms with Crippen molar-refractivity contribution in [3.8, 4) is 0 Å². The van der Waals surface area contributed by atoms with Gasteiger partial charge in [-0.05, 0) is 55.9 Å². The van der Waals surface area contributed by atoms with Crippen LogP contribution in [0, 0.1) is 5.82 Å². The van der Waals surface area contributed by atoms with E-state index in [0.29, 0.717) is 0 Å². The van der Waals surface area contributed by atoms with E-state index in [1.165, 1.54) is 18.9 Å². The Morgan fingerprint density at radius 2 is 2.00 bits per heavy atom. The van der Waals surface area contributed by atoms with E-state index in [0.717, 1.165) is 16.1 Å².